The predicted octanol–water partition coefficient (Wildman–Crippen LogP) is 2.26. The summed E-state index contributed by atoms with van der Waals surface area (Å²) in [5.41, 5.74) is 1.61. The Bertz CT molecular complexity index is 516. The maximum absolute atomic E-state index is 12.1. The van der Waals surface area contributed by atoms with Crippen LogP contribution in [-0.4, -0.2) is 35.1 Å². The molecule has 0 radical (unpaired) electrons. The number of carboxylic acid groups (broad SMARTS) is 1. The van der Waals surface area contributed by atoms with Gasteiger partial charge in [0.25, 0.3) is 0 Å². The minimum atomic E-state index is -0.862. The van der Waals surface area contributed by atoms with Crippen LogP contribution in [0.4, 0.5) is 4.79 Å². The van der Waals surface area contributed by atoms with E-state index in [1.165, 1.54) is 6.42 Å². The maximum atomic E-state index is 12.1. The molecule has 5 heteroatoms. The van der Waals surface area contributed by atoms with Gasteiger partial charge >= 0.3 is 12.0 Å². The first-order valence-electron chi connectivity index (χ1n) is 7.37. The van der Waals surface area contributed by atoms with E-state index in [0.29, 0.717) is 12.5 Å². The Kier molecular flexibility index (Phi) is 5.20. The van der Waals surface area contributed by atoms with Crippen molar-refractivity contribution in [2.45, 2.75) is 32.7 Å². The van der Waals surface area contributed by atoms with E-state index in [0.717, 1.165) is 30.6 Å². The van der Waals surface area contributed by atoms with Crippen molar-refractivity contribution >= 4 is 12.0 Å². The molecule has 0 aromatic heterocycles. The molecule has 2 amide bonds. The lowest BCUT2D eigenvalue weighted by atomic mass is 10.0. The smallest absolute Gasteiger partial charge is 0.317 e. The molecule has 5 nitrogen and oxygen atoms in total. The fourth-order valence-electron chi connectivity index (χ4n) is 2.72. The second-order valence-corrected chi connectivity index (χ2v) is 5.69. The summed E-state index contributed by atoms with van der Waals surface area (Å²) in [7, 11) is 0. The Morgan fingerprint density at radius 2 is 2.05 bits per heavy atom. The summed E-state index contributed by atoms with van der Waals surface area (Å²) >= 11 is 0. The zero-order valence-corrected chi connectivity index (χ0v) is 12.3. The number of likely N-dealkylation sites (tertiary alicyclic amines) is 1. The molecule has 0 aliphatic carbocycles. The third-order valence-corrected chi connectivity index (χ3v) is 3.83. The molecule has 1 aliphatic heterocycles. The molecule has 21 heavy (non-hydrogen) atoms. The van der Waals surface area contributed by atoms with Crippen LogP contribution in [0, 0.1) is 5.92 Å². The molecule has 2 rings (SSSR count). The summed E-state index contributed by atoms with van der Waals surface area (Å²) in [5.74, 6) is -0.317. The highest BCUT2D eigenvalue weighted by molar-refractivity contribution is 5.74. The van der Waals surface area contributed by atoms with E-state index in [4.69, 9.17) is 5.11 Å². The molecule has 0 bridgehead atoms. The highest BCUT2D eigenvalue weighted by Crippen LogP contribution is 2.15. The van der Waals surface area contributed by atoms with Gasteiger partial charge in [-0.1, -0.05) is 31.2 Å². The number of rotatable bonds is 4. The maximum Gasteiger partial charge on any atom is 0.317 e. The Morgan fingerprint density at radius 3 is 2.71 bits per heavy atom. The molecule has 1 aromatic carbocycles. The van der Waals surface area contributed by atoms with E-state index < -0.39 is 5.97 Å². The molecule has 1 fully saturated rings. The van der Waals surface area contributed by atoms with Crippen LogP contribution < -0.4 is 5.32 Å². The Balaban J connectivity index is 1.93. The quantitative estimate of drug-likeness (QED) is 0.893. The van der Waals surface area contributed by atoms with Crippen molar-refractivity contribution in [1.29, 1.82) is 0 Å². The Labute approximate surface area is 125 Å². The third kappa shape index (κ3) is 4.48. The number of piperidine rings is 1. The van der Waals surface area contributed by atoms with E-state index >= 15 is 0 Å². The topological polar surface area (TPSA) is 69.6 Å². The lowest BCUT2D eigenvalue weighted by molar-refractivity contribution is -0.136. The predicted molar refractivity (Wildman–Crippen MR) is 80.0 cm³/mol. The van der Waals surface area contributed by atoms with Gasteiger partial charge in [-0.05, 0) is 29.9 Å². The van der Waals surface area contributed by atoms with Crippen molar-refractivity contribution in [3.8, 4) is 0 Å². The van der Waals surface area contributed by atoms with Crippen LogP contribution in [0.1, 0.15) is 30.9 Å². The number of nitrogens with zero attached hydrogens (tertiary/aromatic N) is 1. The van der Waals surface area contributed by atoms with E-state index in [-0.39, 0.29) is 12.5 Å². The van der Waals surface area contributed by atoms with E-state index in [1.54, 1.807) is 6.07 Å². The highest BCUT2D eigenvalue weighted by Gasteiger charge is 2.20. The van der Waals surface area contributed by atoms with Gasteiger partial charge in [0.05, 0.1) is 6.42 Å². The molecule has 1 aliphatic rings. The standard InChI is InChI=1S/C16H22N2O3/c1-12-5-4-8-18(11-12)16(21)17-10-14-7-3-2-6-13(14)9-15(19)20/h2-3,6-7,12H,4-5,8-11H2,1H3,(H,17,21)(H,19,20). The van der Waals surface area contributed by atoms with Crippen LogP contribution >= 0.6 is 0 Å². The van der Waals surface area contributed by atoms with Gasteiger partial charge in [0, 0.05) is 19.6 Å². The van der Waals surface area contributed by atoms with Crippen LogP contribution in [-0.2, 0) is 17.8 Å². The van der Waals surface area contributed by atoms with Crippen molar-refractivity contribution in [2.24, 2.45) is 5.92 Å². The number of nitrogens with one attached hydrogen (secondary N) is 1. The minimum absolute atomic E-state index is 0.0210. The van der Waals surface area contributed by atoms with Crippen molar-refractivity contribution in [3.05, 3.63) is 35.4 Å². The van der Waals surface area contributed by atoms with Crippen LogP contribution in [0.15, 0.2) is 24.3 Å². The van der Waals surface area contributed by atoms with Gasteiger partial charge in [-0.3, -0.25) is 4.79 Å². The number of hydrogen-bond donors (Lipinski definition) is 2. The molecular weight excluding hydrogens is 268 g/mol. The first-order valence-corrected chi connectivity index (χ1v) is 7.37. The zero-order valence-electron chi connectivity index (χ0n) is 12.3. The summed E-state index contributed by atoms with van der Waals surface area (Å²) in [6.07, 6.45) is 2.20. The fourth-order valence-corrected chi connectivity index (χ4v) is 2.72. The number of aliphatic carboxylic acids is 1. The number of hydrogen-bond acceptors (Lipinski definition) is 2. The highest BCUT2D eigenvalue weighted by atomic mass is 16.4. The molecule has 0 spiro atoms. The number of urea groups is 1. The molecule has 2 N–H and O–H groups in total. The zero-order chi connectivity index (χ0) is 15.2. The number of carboxylic acids is 1. The van der Waals surface area contributed by atoms with E-state index in [2.05, 4.69) is 12.2 Å². The van der Waals surface area contributed by atoms with Crippen molar-refractivity contribution < 1.29 is 14.7 Å². The minimum Gasteiger partial charge on any atom is -0.481 e. The van der Waals surface area contributed by atoms with Gasteiger partial charge in [-0.15, -0.1) is 0 Å². The lowest BCUT2D eigenvalue weighted by Gasteiger charge is -2.31. The summed E-state index contributed by atoms with van der Waals surface area (Å²) in [6, 6.07) is 7.26. The van der Waals surface area contributed by atoms with Crippen molar-refractivity contribution in [1.82, 2.24) is 10.2 Å². The average molecular weight is 290 g/mol. The summed E-state index contributed by atoms with van der Waals surface area (Å²) in [6.45, 7) is 4.12. The van der Waals surface area contributed by atoms with Crippen molar-refractivity contribution in [2.75, 3.05) is 13.1 Å². The first-order chi connectivity index (χ1) is 10.1. The van der Waals surface area contributed by atoms with Crippen LogP contribution in [0.5, 0.6) is 0 Å². The second kappa shape index (κ2) is 7.11. The van der Waals surface area contributed by atoms with Crippen LogP contribution in [0.25, 0.3) is 0 Å². The second-order valence-electron chi connectivity index (χ2n) is 5.69. The summed E-state index contributed by atoms with van der Waals surface area (Å²) < 4.78 is 0. The largest absolute Gasteiger partial charge is 0.481 e. The molecule has 1 saturated heterocycles. The van der Waals surface area contributed by atoms with E-state index in [1.807, 2.05) is 23.1 Å². The Hall–Kier alpha value is -2.04. The Morgan fingerprint density at radius 1 is 1.33 bits per heavy atom. The molecule has 1 unspecified atom stereocenters. The molecule has 114 valence electrons. The van der Waals surface area contributed by atoms with Gasteiger partial charge < -0.3 is 15.3 Å². The molecule has 1 heterocycles. The van der Waals surface area contributed by atoms with Crippen molar-refractivity contribution in [3.63, 3.8) is 0 Å². The van der Waals surface area contributed by atoms with Gasteiger partial charge in [-0.2, -0.15) is 0 Å². The number of amides is 2. The summed E-state index contributed by atoms with van der Waals surface area (Å²) in [4.78, 5) is 24.8. The van der Waals surface area contributed by atoms with E-state index in [9.17, 15) is 9.59 Å². The normalized spacial score (nSPS) is 18.3. The number of benzene rings is 1. The first kappa shape index (κ1) is 15.4. The van der Waals surface area contributed by atoms with Gasteiger partial charge in [0.2, 0.25) is 0 Å². The third-order valence-electron chi connectivity index (χ3n) is 3.83. The van der Waals surface area contributed by atoms with Crippen LogP contribution in [0.2, 0.25) is 0 Å². The number of carbonyl (C=O) groups is 2. The molecular formula is C16H22N2O3. The van der Waals surface area contributed by atoms with Gasteiger partial charge in [0.1, 0.15) is 0 Å². The molecule has 1 atom stereocenters. The number of carbonyl (C=O) groups excluding carboxylic acids is 1. The van der Waals surface area contributed by atoms with Gasteiger partial charge in [-0.25, -0.2) is 4.79 Å². The molecule has 0 saturated carbocycles. The summed E-state index contributed by atoms with van der Waals surface area (Å²) in [5, 5.41) is 11.8. The lowest BCUT2D eigenvalue weighted by Crippen LogP contribution is -2.44. The van der Waals surface area contributed by atoms with Gasteiger partial charge in [0.15, 0.2) is 0 Å². The SMILES string of the molecule is CC1CCCN(C(=O)NCc2ccccc2CC(=O)O)C1. The fraction of sp³-hybridized carbons (Fsp3) is 0.500. The van der Waals surface area contributed by atoms with Crippen LogP contribution in [0.3, 0.4) is 0 Å². The molecule has 1 aromatic rings. The average Bonchev–Trinajstić information content (AvgIpc) is 2.45. The monoisotopic (exact) mass is 290 g/mol.